The summed E-state index contributed by atoms with van der Waals surface area (Å²) in [6, 6.07) is 6.20. The molecule has 1 unspecified atom stereocenters. The van der Waals surface area contributed by atoms with Crippen LogP contribution in [0, 0.1) is 17.3 Å². The lowest BCUT2D eigenvalue weighted by Crippen LogP contribution is -2.46. The third-order valence-electron chi connectivity index (χ3n) is 8.35. The molecule has 0 amide bonds. The van der Waals surface area contributed by atoms with Crippen LogP contribution < -0.4 is 9.47 Å². The molecule has 0 N–H and O–H groups in total. The molecule has 0 radical (unpaired) electrons. The summed E-state index contributed by atoms with van der Waals surface area (Å²) < 4.78 is 19.0. The minimum atomic E-state index is -1.95. The van der Waals surface area contributed by atoms with Crippen molar-refractivity contribution in [1.82, 2.24) is 0 Å². The molecule has 4 heteroatoms. The first-order valence-corrected chi connectivity index (χ1v) is 14.7. The van der Waals surface area contributed by atoms with Gasteiger partial charge in [-0.15, -0.1) is 0 Å². The van der Waals surface area contributed by atoms with Gasteiger partial charge < -0.3 is 13.9 Å². The third-order valence-corrected chi connectivity index (χ3v) is 13.0. The molecule has 1 aromatic rings. The van der Waals surface area contributed by atoms with Crippen LogP contribution in [-0.4, -0.2) is 22.0 Å². The largest absolute Gasteiger partial charge is 0.497 e. The summed E-state index contributed by atoms with van der Waals surface area (Å²) in [5.74, 6) is 3.55. The number of ether oxygens (including phenoxy) is 2. The smallest absolute Gasteiger partial charge is 0.193 e. The molecule has 2 saturated carbocycles. The van der Waals surface area contributed by atoms with Gasteiger partial charge in [0, 0.05) is 11.0 Å². The first-order chi connectivity index (χ1) is 13.8. The van der Waals surface area contributed by atoms with E-state index in [0.29, 0.717) is 5.41 Å². The molecule has 0 aliphatic heterocycles. The van der Waals surface area contributed by atoms with Crippen LogP contribution in [0.5, 0.6) is 11.5 Å². The summed E-state index contributed by atoms with van der Waals surface area (Å²) in [7, 11) is -0.228. The Bertz CT molecular complexity index is 749. The Hall–Kier alpha value is -1.00. The van der Waals surface area contributed by atoms with Gasteiger partial charge in [0.05, 0.1) is 19.3 Å². The molecule has 0 spiro atoms. The van der Waals surface area contributed by atoms with Gasteiger partial charge in [-0.05, 0) is 81.3 Å². The minimum Gasteiger partial charge on any atom is -0.497 e. The number of hydrogen-bond acceptors (Lipinski definition) is 3. The van der Waals surface area contributed by atoms with Crippen LogP contribution in [-0.2, 0) is 10.0 Å². The van der Waals surface area contributed by atoms with Crippen molar-refractivity contribution in [2.24, 2.45) is 17.3 Å². The second-order valence-corrected chi connectivity index (χ2v) is 16.7. The van der Waals surface area contributed by atoms with E-state index in [1.165, 1.54) is 32.1 Å². The highest BCUT2D eigenvalue weighted by molar-refractivity contribution is 6.74. The molecule has 2 aliphatic carbocycles. The Morgan fingerprint density at radius 1 is 1.07 bits per heavy atom. The lowest BCUT2D eigenvalue weighted by Gasteiger charge is -2.43. The minimum absolute atomic E-state index is 0.152. The molecule has 3 atom stereocenters. The normalized spacial score (nSPS) is 27.2. The second-order valence-electron chi connectivity index (χ2n) is 12.0. The molecule has 30 heavy (non-hydrogen) atoms. The van der Waals surface area contributed by atoms with Gasteiger partial charge in [0.1, 0.15) is 11.5 Å². The van der Waals surface area contributed by atoms with E-state index in [4.69, 9.17) is 13.9 Å². The monoisotopic (exact) mass is 432 g/mol. The number of methoxy groups -OCH3 is 1. The van der Waals surface area contributed by atoms with Crippen LogP contribution in [0.3, 0.4) is 0 Å². The molecular formula is C26H44O3Si. The van der Waals surface area contributed by atoms with Gasteiger partial charge in [-0.3, -0.25) is 0 Å². The standard InChI is InChI=1S/C26H44O3Si/c1-24(2,3)30(8,9)29-25(4,5)22-17-20(27-7)13-14-23(22)28-18-26(6)16-15-19-11-10-12-21(19)26/h13-14,17,19,21H,10-12,15-16,18H2,1-9H3/t19-,21-,26?/m1/s1. The number of rotatable bonds is 7. The molecule has 0 heterocycles. The van der Waals surface area contributed by atoms with Crippen molar-refractivity contribution < 1.29 is 13.9 Å². The van der Waals surface area contributed by atoms with Crippen molar-refractivity contribution in [3.05, 3.63) is 23.8 Å². The van der Waals surface area contributed by atoms with Crippen LogP contribution in [0.15, 0.2) is 18.2 Å². The van der Waals surface area contributed by atoms with Crippen molar-refractivity contribution in [2.75, 3.05) is 13.7 Å². The van der Waals surface area contributed by atoms with E-state index in [9.17, 15) is 0 Å². The molecule has 3 rings (SSSR count). The second kappa shape index (κ2) is 8.16. The van der Waals surface area contributed by atoms with Crippen molar-refractivity contribution in [3.63, 3.8) is 0 Å². The summed E-state index contributed by atoms with van der Waals surface area (Å²) in [4.78, 5) is 0. The van der Waals surface area contributed by atoms with Crippen LogP contribution in [0.25, 0.3) is 0 Å². The Balaban J connectivity index is 1.85. The molecule has 2 fully saturated rings. The zero-order chi connectivity index (χ0) is 22.4. The molecule has 0 saturated heterocycles. The molecule has 3 nitrogen and oxygen atoms in total. The number of benzene rings is 1. The fourth-order valence-electron chi connectivity index (χ4n) is 5.50. The SMILES string of the molecule is COc1ccc(OCC2(C)CC[C@H]3CCC[C@H]32)c(C(C)(C)O[Si](C)(C)C(C)(C)C)c1. The van der Waals surface area contributed by atoms with Crippen molar-refractivity contribution >= 4 is 8.32 Å². The topological polar surface area (TPSA) is 27.7 Å². The summed E-state index contributed by atoms with van der Waals surface area (Å²) in [6.45, 7) is 19.1. The van der Waals surface area contributed by atoms with E-state index in [0.717, 1.165) is 35.5 Å². The van der Waals surface area contributed by atoms with Gasteiger partial charge in [0.25, 0.3) is 0 Å². The van der Waals surface area contributed by atoms with Gasteiger partial charge in [-0.2, -0.15) is 0 Å². The van der Waals surface area contributed by atoms with Gasteiger partial charge in [0.2, 0.25) is 0 Å². The third kappa shape index (κ3) is 4.60. The average molecular weight is 433 g/mol. The van der Waals surface area contributed by atoms with Crippen molar-refractivity contribution in [1.29, 1.82) is 0 Å². The van der Waals surface area contributed by atoms with Crippen molar-refractivity contribution in [2.45, 2.75) is 97.4 Å². The summed E-state index contributed by atoms with van der Waals surface area (Å²) in [5.41, 5.74) is 0.943. The quantitative estimate of drug-likeness (QED) is 0.416. The molecule has 0 bridgehead atoms. The average Bonchev–Trinajstić information content (AvgIpc) is 3.23. The van der Waals surface area contributed by atoms with Gasteiger partial charge in [0.15, 0.2) is 8.32 Å². The maximum absolute atomic E-state index is 6.89. The molecule has 170 valence electrons. The Morgan fingerprint density at radius 3 is 2.40 bits per heavy atom. The molecule has 2 aliphatic rings. The lowest BCUT2D eigenvalue weighted by atomic mass is 9.78. The Morgan fingerprint density at radius 2 is 1.77 bits per heavy atom. The Labute approximate surface area is 186 Å². The first-order valence-electron chi connectivity index (χ1n) is 11.8. The van der Waals surface area contributed by atoms with Crippen LogP contribution >= 0.6 is 0 Å². The van der Waals surface area contributed by atoms with Crippen molar-refractivity contribution in [3.8, 4) is 11.5 Å². The van der Waals surface area contributed by atoms with Crippen LogP contribution in [0.4, 0.5) is 0 Å². The van der Waals surface area contributed by atoms with E-state index in [1.54, 1.807) is 7.11 Å². The van der Waals surface area contributed by atoms with Crippen LogP contribution in [0.2, 0.25) is 18.1 Å². The highest BCUT2D eigenvalue weighted by Crippen LogP contribution is 2.55. The predicted octanol–water partition coefficient (Wildman–Crippen LogP) is 7.55. The maximum Gasteiger partial charge on any atom is 0.193 e. The number of fused-ring (bicyclic) bond motifs is 1. The predicted molar refractivity (Wildman–Crippen MR) is 128 cm³/mol. The lowest BCUT2D eigenvalue weighted by molar-refractivity contribution is 0.0767. The molecule has 1 aromatic carbocycles. The summed E-state index contributed by atoms with van der Waals surface area (Å²) in [5, 5.41) is 0.152. The molecule has 0 aromatic heterocycles. The summed E-state index contributed by atoms with van der Waals surface area (Å²) >= 11 is 0. The van der Waals surface area contributed by atoms with Gasteiger partial charge >= 0.3 is 0 Å². The zero-order valence-electron chi connectivity index (χ0n) is 20.9. The van der Waals surface area contributed by atoms with E-state index >= 15 is 0 Å². The number of hydrogen-bond donors (Lipinski definition) is 0. The van der Waals surface area contributed by atoms with Crippen LogP contribution in [0.1, 0.15) is 79.2 Å². The molecular weight excluding hydrogens is 388 g/mol. The van der Waals surface area contributed by atoms with Gasteiger partial charge in [-0.25, -0.2) is 0 Å². The van der Waals surface area contributed by atoms with E-state index in [1.807, 2.05) is 6.07 Å². The first kappa shape index (κ1) is 23.7. The van der Waals surface area contributed by atoms with E-state index < -0.39 is 13.9 Å². The Kier molecular flexibility index (Phi) is 6.44. The fourth-order valence-corrected chi connectivity index (χ4v) is 7.19. The van der Waals surface area contributed by atoms with Gasteiger partial charge in [-0.1, -0.05) is 40.5 Å². The fraction of sp³-hybridized carbons (Fsp3) is 0.769. The highest BCUT2D eigenvalue weighted by Gasteiger charge is 2.48. The summed E-state index contributed by atoms with van der Waals surface area (Å²) in [6.07, 6.45) is 6.85. The van der Waals surface area contributed by atoms with E-state index in [-0.39, 0.29) is 5.04 Å². The zero-order valence-corrected chi connectivity index (χ0v) is 21.9. The maximum atomic E-state index is 6.89. The van der Waals surface area contributed by atoms with E-state index in [2.05, 4.69) is 66.8 Å². The highest BCUT2D eigenvalue weighted by atomic mass is 28.4.